The van der Waals surface area contributed by atoms with Crippen LogP contribution in [0.2, 0.25) is 0 Å². The second-order valence-corrected chi connectivity index (χ2v) is 6.21. The lowest BCUT2D eigenvalue weighted by Crippen LogP contribution is -2.50. The quantitative estimate of drug-likeness (QED) is 0.791. The summed E-state index contributed by atoms with van der Waals surface area (Å²) in [4.78, 5) is 16.0. The number of nitrogens with one attached hydrogen (secondary N) is 1. The second-order valence-electron chi connectivity index (χ2n) is 6.21. The van der Waals surface area contributed by atoms with Crippen molar-refractivity contribution < 1.29 is 14.3 Å². The molecule has 20 heavy (non-hydrogen) atoms. The molecule has 0 spiro atoms. The highest BCUT2D eigenvalue weighted by molar-refractivity contribution is 5.74. The van der Waals surface area contributed by atoms with E-state index in [1.54, 1.807) is 19.0 Å². The lowest BCUT2D eigenvalue weighted by atomic mass is 10.0. The third-order valence-electron chi connectivity index (χ3n) is 4.65. The van der Waals surface area contributed by atoms with Crippen LogP contribution in [0.3, 0.4) is 0 Å². The standard InChI is InChI=1S/C14H25N3O3/c1-16(2)14(18)15-11-8-17(10-5-7-19-9-10)12-4-3-6-20-13(11)12/h10-13H,3-9H2,1-2H3,(H,15,18)/t10?,11-,12-,13-/m1/s1. The summed E-state index contributed by atoms with van der Waals surface area (Å²) >= 11 is 0. The normalized spacial score (nSPS) is 37.7. The number of urea groups is 1. The zero-order chi connectivity index (χ0) is 14.1. The first-order valence-corrected chi connectivity index (χ1v) is 7.59. The fourth-order valence-corrected chi connectivity index (χ4v) is 3.61. The van der Waals surface area contributed by atoms with Crippen molar-refractivity contribution >= 4 is 6.03 Å². The largest absolute Gasteiger partial charge is 0.380 e. The van der Waals surface area contributed by atoms with Gasteiger partial charge in [-0.25, -0.2) is 4.79 Å². The van der Waals surface area contributed by atoms with E-state index in [2.05, 4.69) is 10.2 Å². The smallest absolute Gasteiger partial charge is 0.317 e. The van der Waals surface area contributed by atoms with Crippen LogP contribution in [0.25, 0.3) is 0 Å². The predicted octanol–water partition coefficient (Wildman–Crippen LogP) is 0.278. The Labute approximate surface area is 120 Å². The van der Waals surface area contributed by atoms with Gasteiger partial charge in [0.2, 0.25) is 0 Å². The predicted molar refractivity (Wildman–Crippen MR) is 74.7 cm³/mol. The lowest BCUT2D eigenvalue weighted by molar-refractivity contribution is -0.0267. The van der Waals surface area contributed by atoms with E-state index in [1.807, 2.05) is 0 Å². The molecule has 6 heteroatoms. The zero-order valence-corrected chi connectivity index (χ0v) is 12.4. The van der Waals surface area contributed by atoms with E-state index in [4.69, 9.17) is 9.47 Å². The molecule has 0 bridgehead atoms. The fraction of sp³-hybridized carbons (Fsp3) is 0.929. The summed E-state index contributed by atoms with van der Waals surface area (Å²) in [5.41, 5.74) is 0. The van der Waals surface area contributed by atoms with E-state index in [9.17, 15) is 4.79 Å². The zero-order valence-electron chi connectivity index (χ0n) is 12.4. The molecule has 0 radical (unpaired) electrons. The van der Waals surface area contributed by atoms with Gasteiger partial charge in [-0.1, -0.05) is 0 Å². The highest BCUT2D eigenvalue weighted by Gasteiger charge is 2.47. The maximum Gasteiger partial charge on any atom is 0.317 e. The summed E-state index contributed by atoms with van der Waals surface area (Å²) in [7, 11) is 3.54. The SMILES string of the molecule is CN(C)C(=O)N[C@@H]1CN(C2CCOC2)[C@@H]2CCCO[C@@H]21. The third-order valence-corrected chi connectivity index (χ3v) is 4.65. The molecule has 3 rings (SSSR count). The van der Waals surface area contributed by atoms with E-state index in [1.165, 1.54) is 0 Å². The molecule has 0 aliphatic carbocycles. The van der Waals surface area contributed by atoms with E-state index in [0.29, 0.717) is 12.1 Å². The van der Waals surface area contributed by atoms with E-state index in [-0.39, 0.29) is 18.2 Å². The third kappa shape index (κ3) is 2.64. The summed E-state index contributed by atoms with van der Waals surface area (Å²) in [6.07, 6.45) is 3.50. The summed E-state index contributed by atoms with van der Waals surface area (Å²) in [6, 6.07) is 0.983. The van der Waals surface area contributed by atoms with Gasteiger partial charge in [0.05, 0.1) is 18.8 Å². The van der Waals surface area contributed by atoms with Crippen LogP contribution in [0.15, 0.2) is 0 Å². The van der Waals surface area contributed by atoms with Crippen LogP contribution in [0, 0.1) is 0 Å². The van der Waals surface area contributed by atoms with Gasteiger partial charge in [-0.3, -0.25) is 4.90 Å². The number of carbonyl (C=O) groups excluding carboxylic acids is 1. The highest BCUT2D eigenvalue weighted by Crippen LogP contribution is 2.32. The fourth-order valence-electron chi connectivity index (χ4n) is 3.61. The summed E-state index contributed by atoms with van der Waals surface area (Å²) < 4.78 is 11.5. The van der Waals surface area contributed by atoms with Crippen molar-refractivity contribution in [3.8, 4) is 0 Å². The minimum Gasteiger partial charge on any atom is -0.380 e. The molecule has 114 valence electrons. The number of rotatable bonds is 2. The van der Waals surface area contributed by atoms with Crippen molar-refractivity contribution in [1.29, 1.82) is 0 Å². The molecule has 4 atom stereocenters. The van der Waals surface area contributed by atoms with Crippen LogP contribution >= 0.6 is 0 Å². The molecule has 3 aliphatic heterocycles. The number of ether oxygens (including phenoxy) is 2. The Morgan fingerprint density at radius 2 is 2.15 bits per heavy atom. The number of hydrogen-bond donors (Lipinski definition) is 1. The molecule has 3 heterocycles. The number of nitrogens with zero attached hydrogens (tertiary/aromatic N) is 2. The average molecular weight is 283 g/mol. The van der Waals surface area contributed by atoms with Gasteiger partial charge >= 0.3 is 6.03 Å². The van der Waals surface area contributed by atoms with E-state index in [0.717, 1.165) is 45.6 Å². The molecule has 2 amide bonds. The van der Waals surface area contributed by atoms with Gasteiger partial charge in [-0.05, 0) is 19.3 Å². The van der Waals surface area contributed by atoms with Crippen molar-refractivity contribution in [2.75, 3.05) is 40.5 Å². The lowest BCUT2D eigenvalue weighted by Gasteiger charge is -2.34. The maximum atomic E-state index is 11.9. The topological polar surface area (TPSA) is 54.0 Å². The van der Waals surface area contributed by atoms with Crippen molar-refractivity contribution in [1.82, 2.24) is 15.1 Å². The molecule has 3 fully saturated rings. The number of hydrogen-bond acceptors (Lipinski definition) is 4. The molecule has 0 saturated carbocycles. The van der Waals surface area contributed by atoms with Gasteiger partial charge in [0.1, 0.15) is 0 Å². The molecule has 6 nitrogen and oxygen atoms in total. The molecule has 0 aromatic rings. The summed E-state index contributed by atoms with van der Waals surface area (Å²) in [6.45, 7) is 3.36. The Bertz CT molecular complexity index is 358. The minimum absolute atomic E-state index is 0.0348. The molecule has 0 aromatic carbocycles. The molecular weight excluding hydrogens is 258 g/mol. The number of fused-ring (bicyclic) bond motifs is 1. The Hall–Kier alpha value is -0.850. The Morgan fingerprint density at radius 3 is 2.85 bits per heavy atom. The molecule has 3 saturated heterocycles. The van der Waals surface area contributed by atoms with Gasteiger partial charge < -0.3 is 19.7 Å². The van der Waals surface area contributed by atoms with Crippen LogP contribution in [-0.2, 0) is 9.47 Å². The first-order chi connectivity index (χ1) is 9.66. The van der Waals surface area contributed by atoms with Crippen LogP contribution in [0.5, 0.6) is 0 Å². The number of carbonyl (C=O) groups is 1. The molecule has 0 aromatic heterocycles. The molecule has 1 N–H and O–H groups in total. The van der Waals surface area contributed by atoms with E-state index >= 15 is 0 Å². The number of amides is 2. The van der Waals surface area contributed by atoms with Crippen LogP contribution in [0.4, 0.5) is 4.79 Å². The van der Waals surface area contributed by atoms with Crippen molar-refractivity contribution in [2.24, 2.45) is 0 Å². The average Bonchev–Trinajstić information content (AvgIpc) is 3.06. The Balaban J connectivity index is 1.69. The van der Waals surface area contributed by atoms with Crippen molar-refractivity contribution in [3.63, 3.8) is 0 Å². The van der Waals surface area contributed by atoms with Gasteiger partial charge in [0, 0.05) is 45.9 Å². The van der Waals surface area contributed by atoms with Gasteiger partial charge in [-0.2, -0.15) is 0 Å². The van der Waals surface area contributed by atoms with Crippen LogP contribution in [-0.4, -0.2) is 80.5 Å². The first-order valence-electron chi connectivity index (χ1n) is 7.59. The highest BCUT2D eigenvalue weighted by atomic mass is 16.5. The molecule has 3 aliphatic rings. The summed E-state index contributed by atoms with van der Waals surface area (Å²) in [5, 5.41) is 3.11. The Morgan fingerprint density at radius 1 is 1.30 bits per heavy atom. The second kappa shape index (κ2) is 5.87. The Kier molecular flexibility index (Phi) is 4.14. The van der Waals surface area contributed by atoms with Gasteiger partial charge in [0.15, 0.2) is 0 Å². The maximum absolute atomic E-state index is 11.9. The first kappa shape index (κ1) is 14.1. The van der Waals surface area contributed by atoms with E-state index < -0.39 is 0 Å². The van der Waals surface area contributed by atoms with Gasteiger partial charge in [-0.15, -0.1) is 0 Å². The van der Waals surface area contributed by atoms with Crippen LogP contribution < -0.4 is 5.32 Å². The molecular formula is C14H25N3O3. The molecule has 1 unspecified atom stereocenters. The minimum atomic E-state index is -0.0348. The van der Waals surface area contributed by atoms with Gasteiger partial charge in [0.25, 0.3) is 0 Å². The van der Waals surface area contributed by atoms with Crippen molar-refractivity contribution in [2.45, 2.75) is 43.5 Å². The van der Waals surface area contributed by atoms with Crippen molar-refractivity contribution in [3.05, 3.63) is 0 Å². The summed E-state index contributed by atoms with van der Waals surface area (Å²) in [5.74, 6) is 0. The monoisotopic (exact) mass is 283 g/mol. The van der Waals surface area contributed by atoms with Crippen LogP contribution in [0.1, 0.15) is 19.3 Å². The number of likely N-dealkylation sites (tertiary alicyclic amines) is 1.